The van der Waals surface area contributed by atoms with Crippen LogP contribution >= 0.6 is 0 Å². The van der Waals surface area contributed by atoms with E-state index in [1.165, 1.54) is 7.11 Å². The van der Waals surface area contributed by atoms with Crippen LogP contribution in [-0.4, -0.2) is 49.8 Å². The normalized spacial score (nSPS) is 10.6. The van der Waals surface area contributed by atoms with E-state index in [-0.39, 0.29) is 5.56 Å². The molecule has 0 aliphatic rings. The molecule has 0 spiro atoms. The van der Waals surface area contributed by atoms with Crippen molar-refractivity contribution in [3.63, 3.8) is 0 Å². The number of aromatic nitrogens is 2. The van der Waals surface area contributed by atoms with E-state index in [2.05, 4.69) is 5.32 Å². The van der Waals surface area contributed by atoms with Gasteiger partial charge in [-0.2, -0.15) is 0 Å². The monoisotopic (exact) mass is 549 g/mol. The van der Waals surface area contributed by atoms with Crippen LogP contribution in [-0.2, 0) is 9.53 Å². The number of anilines is 1. The summed E-state index contributed by atoms with van der Waals surface area (Å²) in [5, 5.41) is 2.68. The molecule has 1 N–H and O–H groups in total. The summed E-state index contributed by atoms with van der Waals surface area (Å²) in [6.45, 7) is -0.451. The number of fused-ring (bicyclic) bond motifs is 1. The van der Waals surface area contributed by atoms with Gasteiger partial charge in [-0.05, 0) is 78.9 Å². The van der Waals surface area contributed by atoms with E-state index in [1.807, 2.05) is 48.5 Å². The molecular weight excluding hydrogens is 522 g/mol. The van der Waals surface area contributed by atoms with Gasteiger partial charge in [0, 0.05) is 22.9 Å². The van der Waals surface area contributed by atoms with Gasteiger partial charge in [0.2, 0.25) is 0 Å². The fourth-order valence-electron chi connectivity index (χ4n) is 4.19. The van der Waals surface area contributed by atoms with Gasteiger partial charge >= 0.3 is 5.97 Å². The Morgan fingerprint density at radius 2 is 1.24 bits per heavy atom. The summed E-state index contributed by atoms with van der Waals surface area (Å²) in [6.07, 6.45) is 0. The zero-order valence-corrected chi connectivity index (χ0v) is 22.7. The van der Waals surface area contributed by atoms with Gasteiger partial charge in [0.15, 0.2) is 6.61 Å². The minimum atomic E-state index is -0.653. The highest BCUT2D eigenvalue weighted by molar-refractivity contribution is 5.98. The topological polar surface area (TPSA) is 109 Å². The molecule has 206 valence electrons. The molecule has 9 heteroatoms. The minimum Gasteiger partial charge on any atom is -0.497 e. The second-order valence-electron chi connectivity index (χ2n) is 8.94. The summed E-state index contributed by atoms with van der Waals surface area (Å²) in [5.41, 5.74) is 4.88. The Balaban J connectivity index is 1.41. The summed E-state index contributed by atoms with van der Waals surface area (Å²) in [7, 11) is 4.76. The van der Waals surface area contributed by atoms with Crippen molar-refractivity contribution < 1.29 is 28.5 Å². The van der Waals surface area contributed by atoms with Gasteiger partial charge in [0.25, 0.3) is 5.91 Å². The second kappa shape index (κ2) is 12.2. The minimum absolute atomic E-state index is 0.249. The first kappa shape index (κ1) is 27.1. The molecule has 0 radical (unpaired) electrons. The largest absolute Gasteiger partial charge is 0.497 e. The smallest absolute Gasteiger partial charge is 0.338 e. The maximum absolute atomic E-state index is 12.8. The Labute approximate surface area is 236 Å². The van der Waals surface area contributed by atoms with E-state index < -0.39 is 18.5 Å². The maximum atomic E-state index is 12.8. The summed E-state index contributed by atoms with van der Waals surface area (Å²) < 4.78 is 21.0. The van der Waals surface area contributed by atoms with Crippen LogP contribution < -0.4 is 19.5 Å². The first-order valence-electron chi connectivity index (χ1n) is 12.7. The van der Waals surface area contributed by atoms with Gasteiger partial charge < -0.3 is 24.3 Å². The van der Waals surface area contributed by atoms with Crippen LogP contribution in [0.2, 0.25) is 0 Å². The first-order chi connectivity index (χ1) is 20.0. The molecule has 0 aliphatic carbocycles. The van der Waals surface area contributed by atoms with Crippen LogP contribution in [0.25, 0.3) is 33.5 Å². The number of rotatable bonds is 9. The molecule has 5 aromatic rings. The number of hydrogen-bond donors (Lipinski definition) is 1. The molecule has 0 saturated carbocycles. The predicted octanol–water partition coefficient (Wildman–Crippen LogP) is 5.79. The van der Waals surface area contributed by atoms with Crippen molar-refractivity contribution in [1.29, 1.82) is 0 Å². The summed E-state index contributed by atoms with van der Waals surface area (Å²) >= 11 is 0. The van der Waals surface area contributed by atoms with E-state index in [0.29, 0.717) is 39.6 Å². The van der Waals surface area contributed by atoms with Crippen molar-refractivity contribution in [3.05, 3.63) is 96.6 Å². The number of nitrogens with zero attached hydrogens (tertiary/aromatic N) is 2. The number of hydrogen-bond acceptors (Lipinski definition) is 8. The Kier molecular flexibility index (Phi) is 8.05. The number of nitrogens with one attached hydrogen (secondary N) is 1. The number of esters is 1. The van der Waals surface area contributed by atoms with Gasteiger partial charge in [0.05, 0.1) is 49.3 Å². The van der Waals surface area contributed by atoms with Crippen LogP contribution in [0, 0.1) is 0 Å². The molecule has 0 atom stereocenters. The number of carbonyl (C=O) groups excluding carboxylic acids is 2. The number of benzene rings is 4. The van der Waals surface area contributed by atoms with E-state index in [1.54, 1.807) is 56.7 Å². The zero-order chi connectivity index (χ0) is 28.8. The molecule has 1 amide bonds. The molecule has 1 aromatic heterocycles. The Hall–Kier alpha value is -5.44. The highest BCUT2D eigenvalue weighted by atomic mass is 16.5. The van der Waals surface area contributed by atoms with Crippen molar-refractivity contribution in [3.8, 4) is 39.8 Å². The molecular formula is C32H27N3O6. The van der Waals surface area contributed by atoms with Gasteiger partial charge in [-0.15, -0.1) is 0 Å². The third-order valence-corrected chi connectivity index (χ3v) is 6.31. The maximum Gasteiger partial charge on any atom is 0.338 e. The average molecular weight is 550 g/mol. The summed E-state index contributed by atoms with van der Waals surface area (Å²) in [5.74, 6) is 0.918. The highest BCUT2D eigenvalue weighted by Crippen LogP contribution is 2.33. The molecule has 0 unspecified atom stereocenters. The number of carbonyl (C=O) groups is 2. The van der Waals surface area contributed by atoms with Crippen molar-refractivity contribution >= 4 is 28.6 Å². The zero-order valence-electron chi connectivity index (χ0n) is 22.7. The Morgan fingerprint density at radius 1 is 0.659 bits per heavy atom. The summed E-state index contributed by atoms with van der Waals surface area (Å²) in [4.78, 5) is 35.0. The van der Waals surface area contributed by atoms with E-state index in [0.717, 1.165) is 16.9 Å². The molecule has 0 fully saturated rings. The quantitative estimate of drug-likeness (QED) is 0.230. The predicted molar refractivity (Wildman–Crippen MR) is 155 cm³/mol. The Morgan fingerprint density at radius 3 is 1.83 bits per heavy atom. The van der Waals surface area contributed by atoms with Crippen LogP contribution in [0.3, 0.4) is 0 Å². The Bertz CT molecular complexity index is 1700. The van der Waals surface area contributed by atoms with Crippen LogP contribution in [0.4, 0.5) is 5.69 Å². The lowest BCUT2D eigenvalue weighted by molar-refractivity contribution is -0.119. The lowest BCUT2D eigenvalue weighted by Gasteiger charge is -2.12. The van der Waals surface area contributed by atoms with Gasteiger partial charge in [-0.25, -0.2) is 14.8 Å². The molecule has 0 bridgehead atoms. The summed E-state index contributed by atoms with van der Waals surface area (Å²) in [6, 6.07) is 26.9. The fourth-order valence-corrected chi connectivity index (χ4v) is 4.19. The van der Waals surface area contributed by atoms with Crippen molar-refractivity contribution in [2.24, 2.45) is 0 Å². The van der Waals surface area contributed by atoms with Crippen LogP contribution in [0.15, 0.2) is 91.0 Å². The molecule has 0 aliphatic heterocycles. The van der Waals surface area contributed by atoms with E-state index >= 15 is 0 Å². The molecule has 1 heterocycles. The van der Waals surface area contributed by atoms with Crippen LogP contribution in [0.5, 0.6) is 17.2 Å². The van der Waals surface area contributed by atoms with Crippen LogP contribution in [0.1, 0.15) is 10.4 Å². The third-order valence-electron chi connectivity index (χ3n) is 6.31. The lowest BCUT2D eigenvalue weighted by atomic mass is 10.0. The third kappa shape index (κ3) is 6.25. The SMILES string of the molecule is COc1ccc(-c2nc3ccc(C(=O)OCC(=O)Nc4cccc(OC)c4)cc3nc2-c2ccc(OC)cc2)cc1. The number of ether oxygens (including phenoxy) is 4. The standard InChI is InChI=1S/C32H27N3O6/c1-38-24-12-7-20(8-13-24)30-31(21-9-14-25(39-2)15-10-21)35-28-17-22(11-16-27(28)34-30)32(37)41-19-29(36)33-23-5-4-6-26(18-23)40-3/h4-18H,19H2,1-3H3,(H,33,36). The number of amides is 1. The van der Waals surface area contributed by atoms with E-state index in [4.69, 9.17) is 28.9 Å². The van der Waals surface area contributed by atoms with Crippen molar-refractivity contribution in [2.75, 3.05) is 33.3 Å². The molecule has 4 aromatic carbocycles. The average Bonchev–Trinajstić information content (AvgIpc) is 3.03. The lowest BCUT2D eigenvalue weighted by Crippen LogP contribution is -2.21. The number of methoxy groups -OCH3 is 3. The molecule has 41 heavy (non-hydrogen) atoms. The fraction of sp³-hybridized carbons (Fsp3) is 0.125. The van der Waals surface area contributed by atoms with Gasteiger partial charge in [-0.3, -0.25) is 4.79 Å². The second-order valence-corrected chi connectivity index (χ2v) is 8.94. The first-order valence-corrected chi connectivity index (χ1v) is 12.7. The highest BCUT2D eigenvalue weighted by Gasteiger charge is 2.17. The van der Waals surface area contributed by atoms with Gasteiger partial charge in [0.1, 0.15) is 17.2 Å². The van der Waals surface area contributed by atoms with Crippen molar-refractivity contribution in [1.82, 2.24) is 9.97 Å². The van der Waals surface area contributed by atoms with Crippen molar-refractivity contribution in [2.45, 2.75) is 0 Å². The van der Waals surface area contributed by atoms with E-state index in [9.17, 15) is 9.59 Å². The molecule has 0 saturated heterocycles. The molecule has 5 rings (SSSR count). The molecule has 9 nitrogen and oxygen atoms in total. The van der Waals surface area contributed by atoms with Gasteiger partial charge in [-0.1, -0.05) is 6.07 Å².